The van der Waals surface area contributed by atoms with Crippen LogP contribution in [0.3, 0.4) is 0 Å². The Balaban J connectivity index is 1.07. The Morgan fingerprint density at radius 3 is 2.74 bits per heavy atom. The summed E-state index contributed by atoms with van der Waals surface area (Å²) in [7, 11) is 0. The summed E-state index contributed by atoms with van der Waals surface area (Å²) in [5.74, 6) is -2.69. The minimum Gasteiger partial charge on any atom is -0.373 e. The number of aromatic amines is 1. The van der Waals surface area contributed by atoms with Crippen molar-refractivity contribution in [2.45, 2.75) is 30.9 Å². The number of piperidine rings is 1. The topological polar surface area (TPSA) is 34.7 Å². The lowest BCUT2D eigenvalue weighted by Crippen LogP contribution is -2.62. The van der Waals surface area contributed by atoms with E-state index < -0.39 is 5.92 Å². The van der Waals surface area contributed by atoms with Crippen LogP contribution in [0, 0.1) is 5.82 Å². The van der Waals surface area contributed by atoms with Crippen molar-refractivity contribution in [3.63, 3.8) is 0 Å². The fourth-order valence-corrected chi connectivity index (χ4v) is 6.58. The zero-order valence-electron chi connectivity index (χ0n) is 19.0. The zero-order valence-corrected chi connectivity index (χ0v) is 19.8. The molecule has 9 heteroatoms. The number of morpholine rings is 1. The zero-order chi connectivity index (χ0) is 23.3. The predicted molar refractivity (Wildman–Crippen MR) is 130 cm³/mol. The van der Waals surface area contributed by atoms with Crippen molar-refractivity contribution in [3.8, 4) is 10.4 Å². The smallest absolute Gasteiger partial charge is 0.272 e. The molecule has 1 aromatic carbocycles. The van der Waals surface area contributed by atoms with Crippen LogP contribution in [0.25, 0.3) is 21.3 Å². The average Bonchev–Trinajstić information content (AvgIpc) is 3.48. The standard InChI is InChI=1S/C25H29F3N4OS/c26-21-1-2-22-20(3-6-29-22)24(21)23-11-18(14-34-23)31-9-10-33-19(13-31)12-30-7-4-17(5-8-30)32-15-25(27,28)16-32/h1-3,6,11,14,17,19,29H,4-5,7-10,12-13,15-16H2. The third-order valence-corrected chi connectivity index (χ3v) is 8.36. The molecule has 182 valence electrons. The quantitative estimate of drug-likeness (QED) is 0.565. The van der Waals surface area contributed by atoms with Gasteiger partial charge in [-0.25, -0.2) is 13.2 Å². The van der Waals surface area contributed by atoms with E-state index in [1.165, 1.54) is 6.07 Å². The number of hydrogen-bond donors (Lipinski definition) is 1. The van der Waals surface area contributed by atoms with E-state index in [4.69, 9.17) is 4.74 Å². The SMILES string of the molecule is Fc1ccc2[nH]ccc2c1-c1cc(N2CCOC(CN3CCC(N4CC(F)(F)C4)CC3)C2)cs1. The van der Waals surface area contributed by atoms with E-state index in [9.17, 15) is 13.2 Å². The van der Waals surface area contributed by atoms with E-state index in [1.807, 2.05) is 17.2 Å². The Morgan fingerprint density at radius 1 is 1.12 bits per heavy atom. The highest BCUT2D eigenvalue weighted by Gasteiger charge is 2.46. The molecule has 1 N–H and O–H groups in total. The number of thiophene rings is 1. The molecule has 3 saturated heterocycles. The minimum absolute atomic E-state index is 0.0799. The highest BCUT2D eigenvalue weighted by atomic mass is 32.1. The van der Waals surface area contributed by atoms with Gasteiger partial charge < -0.3 is 19.5 Å². The molecule has 0 radical (unpaired) electrons. The van der Waals surface area contributed by atoms with Gasteiger partial charge in [0.15, 0.2) is 0 Å². The van der Waals surface area contributed by atoms with Crippen molar-refractivity contribution in [2.24, 2.45) is 0 Å². The summed E-state index contributed by atoms with van der Waals surface area (Å²) in [4.78, 5) is 10.8. The number of likely N-dealkylation sites (tertiary alicyclic amines) is 2. The van der Waals surface area contributed by atoms with Gasteiger partial charge in [0.25, 0.3) is 5.92 Å². The number of aromatic nitrogens is 1. The van der Waals surface area contributed by atoms with Crippen LogP contribution >= 0.6 is 11.3 Å². The summed E-state index contributed by atoms with van der Waals surface area (Å²) in [6.45, 7) is 4.82. The number of rotatable bonds is 5. The fourth-order valence-electron chi connectivity index (χ4n) is 5.61. The van der Waals surface area contributed by atoms with Crippen LogP contribution in [0.5, 0.6) is 0 Å². The van der Waals surface area contributed by atoms with Gasteiger partial charge >= 0.3 is 0 Å². The molecule has 2 aromatic heterocycles. The molecule has 5 nitrogen and oxygen atoms in total. The Labute approximate surface area is 201 Å². The second kappa shape index (κ2) is 8.86. The second-order valence-corrected chi connectivity index (χ2v) is 10.7. The van der Waals surface area contributed by atoms with Gasteiger partial charge in [-0.3, -0.25) is 4.90 Å². The van der Waals surface area contributed by atoms with Crippen molar-refractivity contribution in [1.29, 1.82) is 0 Å². The maximum atomic E-state index is 14.7. The van der Waals surface area contributed by atoms with E-state index in [0.29, 0.717) is 12.2 Å². The van der Waals surface area contributed by atoms with Gasteiger partial charge in [-0.2, -0.15) is 0 Å². The first kappa shape index (κ1) is 22.4. The third-order valence-electron chi connectivity index (χ3n) is 7.42. The Bertz CT molecular complexity index is 1150. The predicted octanol–water partition coefficient (Wildman–Crippen LogP) is 4.66. The number of alkyl halides is 2. The lowest BCUT2D eigenvalue weighted by Gasteiger charge is -2.47. The number of H-pyrrole nitrogens is 1. The Kier molecular flexibility index (Phi) is 5.83. The van der Waals surface area contributed by atoms with Crippen molar-refractivity contribution in [2.75, 3.05) is 57.3 Å². The second-order valence-electron chi connectivity index (χ2n) is 9.76. The van der Waals surface area contributed by atoms with Gasteiger partial charge in [-0.15, -0.1) is 11.3 Å². The van der Waals surface area contributed by atoms with Gasteiger partial charge in [-0.05, 0) is 50.2 Å². The molecule has 3 aliphatic heterocycles. The molecular weight excluding hydrogens is 461 g/mol. The molecule has 0 bridgehead atoms. The number of ether oxygens (including phenoxy) is 1. The molecule has 3 fully saturated rings. The number of nitrogens with zero attached hydrogens (tertiary/aromatic N) is 3. The number of anilines is 1. The summed E-state index contributed by atoms with van der Waals surface area (Å²) in [5, 5.41) is 3.01. The molecule has 3 aliphatic rings. The average molecular weight is 491 g/mol. The number of hydrogen-bond acceptors (Lipinski definition) is 5. The highest BCUT2D eigenvalue weighted by molar-refractivity contribution is 7.14. The lowest BCUT2D eigenvalue weighted by atomic mass is 9.98. The van der Waals surface area contributed by atoms with E-state index in [-0.39, 0.29) is 31.1 Å². The monoisotopic (exact) mass is 490 g/mol. The first-order valence-electron chi connectivity index (χ1n) is 12.0. The number of fused-ring (bicyclic) bond motifs is 1. The van der Waals surface area contributed by atoms with E-state index in [1.54, 1.807) is 17.4 Å². The normalized spacial score (nSPS) is 24.6. The van der Waals surface area contributed by atoms with Gasteiger partial charge in [0.2, 0.25) is 0 Å². The largest absolute Gasteiger partial charge is 0.373 e. The van der Waals surface area contributed by atoms with Crippen molar-refractivity contribution < 1.29 is 17.9 Å². The molecule has 5 heterocycles. The first-order valence-corrected chi connectivity index (χ1v) is 12.9. The van der Waals surface area contributed by atoms with E-state index in [0.717, 1.165) is 67.0 Å². The summed E-state index contributed by atoms with van der Waals surface area (Å²) in [5.41, 5.74) is 2.70. The number of nitrogens with one attached hydrogen (secondary N) is 1. The minimum atomic E-state index is -2.49. The highest BCUT2D eigenvalue weighted by Crippen LogP contribution is 2.38. The summed E-state index contributed by atoms with van der Waals surface area (Å²) >= 11 is 1.57. The molecule has 0 aliphatic carbocycles. The molecule has 0 saturated carbocycles. The number of benzene rings is 1. The molecule has 1 atom stereocenters. The lowest BCUT2D eigenvalue weighted by molar-refractivity contribution is -0.151. The van der Waals surface area contributed by atoms with Crippen LogP contribution in [-0.2, 0) is 4.74 Å². The molecule has 34 heavy (non-hydrogen) atoms. The van der Waals surface area contributed by atoms with Crippen LogP contribution in [0.2, 0.25) is 0 Å². The number of halogens is 3. The maximum absolute atomic E-state index is 14.7. The molecule has 0 amide bonds. The van der Waals surface area contributed by atoms with E-state index in [2.05, 4.69) is 26.2 Å². The van der Waals surface area contributed by atoms with Crippen molar-refractivity contribution >= 4 is 27.9 Å². The fraction of sp³-hybridized carbons (Fsp3) is 0.520. The molecule has 6 rings (SSSR count). The molecule has 3 aromatic rings. The summed E-state index contributed by atoms with van der Waals surface area (Å²) in [6, 6.07) is 7.60. The summed E-state index contributed by atoms with van der Waals surface area (Å²) < 4.78 is 47.2. The van der Waals surface area contributed by atoms with Crippen LogP contribution in [-0.4, -0.2) is 85.3 Å². The van der Waals surface area contributed by atoms with Crippen LogP contribution < -0.4 is 4.90 Å². The van der Waals surface area contributed by atoms with Gasteiger partial charge in [-0.1, -0.05) is 0 Å². The summed E-state index contributed by atoms with van der Waals surface area (Å²) in [6.07, 6.45) is 3.83. The first-order chi connectivity index (χ1) is 16.4. The third kappa shape index (κ3) is 4.34. The maximum Gasteiger partial charge on any atom is 0.272 e. The van der Waals surface area contributed by atoms with Gasteiger partial charge in [0, 0.05) is 64.3 Å². The van der Waals surface area contributed by atoms with Crippen LogP contribution in [0.4, 0.5) is 18.9 Å². The Hall–Kier alpha value is -2.07. The van der Waals surface area contributed by atoms with Crippen LogP contribution in [0.1, 0.15) is 12.8 Å². The van der Waals surface area contributed by atoms with Crippen LogP contribution in [0.15, 0.2) is 35.8 Å². The molecule has 1 unspecified atom stereocenters. The van der Waals surface area contributed by atoms with Crippen molar-refractivity contribution in [1.82, 2.24) is 14.8 Å². The Morgan fingerprint density at radius 2 is 1.94 bits per heavy atom. The molecule has 0 spiro atoms. The van der Waals surface area contributed by atoms with E-state index >= 15 is 0 Å². The van der Waals surface area contributed by atoms with Crippen molar-refractivity contribution in [3.05, 3.63) is 41.7 Å². The molecular formula is C25H29F3N4OS. The van der Waals surface area contributed by atoms with Gasteiger partial charge in [0.05, 0.1) is 25.8 Å². The van der Waals surface area contributed by atoms with Gasteiger partial charge in [0.1, 0.15) is 5.82 Å².